The maximum absolute atomic E-state index is 12.5. The smallest absolute Gasteiger partial charge is 0.249 e. The van der Waals surface area contributed by atoms with Crippen molar-refractivity contribution in [2.45, 2.75) is 18.2 Å². The standard InChI is InChI=1S/C18H25BrN2O7/c1-27-10-15(24)21-7-14(23)17(25)16(21)18(26)20-6-11(8-22)9-28-13-4-2-3-12(19)5-13/h2-5,11,14,16-17,22-23,25H,6-10H2,1H3,(H,20,26)/t11-,14-,16-,17-/m0/s1. The highest BCUT2D eigenvalue weighted by molar-refractivity contribution is 9.10. The van der Waals surface area contributed by atoms with E-state index in [1.165, 1.54) is 7.11 Å². The number of ether oxygens (including phenoxy) is 2. The van der Waals surface area contributed by atoms with Gasteiger partial charge >= 0.3 is 0 Å². The molecule has 0 spiro atoms. The monoisotopic (exact) mass is 460 g/mol. The maximum atomic E-state index is 12.5. The molecule has 0 radical (unpaired) electrons. The zero-order valence-corrected chi connectivity index (χ0v) is 17.0. The summed E-state index contributed by atoms with van der Waals surface area (Å²) in [5, 5.41) is 32.1. The minimum absolute atomic E-state index is 0.0783. The molecule has 2 amide bonds. The number of amides is 2. The van der Waals surface area contributed by atoms with Crippen LogP contribution in [-0.4, -0.2) is 90.3 Å². The van der Waals surface area contributed by atoms with E-state index < -0.39 is 36.0 Å². The minimum Gasteiger partial charge on any atom is -0.493 e. The Labute approximate surface area is 171 Å². The fourth-order valence-corrected chi connectivity index (χ4v) is 3.25. The van der Waals surface area contributed by atoms with E-state index in [4.69, 9.17) is 9.47 Å². The van der Waals surface area contributed by atoms with Crippen LogP contribution in [0.2, 0.25) is 0 Å². The maximum Gasteiger partial charge on any atom is 0.249 e. The van der Waals surface area contributed by atoms with Gasteiger partial charge in [0.05, 0.1) is 25.9 Å². The van der Waals surface area contributed by atoms with E-state index in [9.17, 15) is 24.9 Å². The van der Waals surface area contributed by atoms with E-state index in [2.05, 4.69) is 21.2 Å². The lowest BCUT2D eigenvalue weighted by atomic mass is 10.1. The van der Waals surface area contributed by atoms with E-state index in [0.717, 1.165) is 9.37 Å². The molecule has 1 saturated heterocycles. The van der Waals surface area contributed by atoms with E-state index in [1.54, 1.807) is 12.1 Å². The van der Waals surface area contributed by atoms with Crippen molar-refractivity contribution < 1.29 is 34.4 Å². The van der Waals surface area contributed by atoms with Gasteiger partial charge in [-0.2, -0.15) is 0 Å². The number of nitrogens with zero attached hydrogens (tertiary/aromatic N) is 1. The number of halogens is 1. The molecule has 4 N–H and O–H groups in total. The Morgan fingerprint density at radius 3 is 2.79 bits per heavy atom. The Morgan fingerprint density at radius 2 is 2.14 bits per heavy atom. The molecule has 0 aromatic heterocycles. The van der Waals surface area contributed by atoms with Crippen LogP contribution in [0.15, 0.2) is 28.7 Å². The first-order valence-electron chi connectivity index (χ1n) is 8.78. The van der Waals surface area contributed by atoms with Crippen LogP contribution < -0.4 is 10.1 Å². The summed E-state index contributed by atoms with van der Waals surface area (Å²) in [6.45, 7) is -0.402. The van der Waals surface area contributed by atoms with Crippen molar-refractivity contribution in [3.8, 4) is 5.75 Å². The summed E-state index contributed by atoms with van der Waals surface area (Å²) in [4.78, 5) is 25.7. The zero-order chi connectivity index (χ0) is 20.7. The van der Waals surface area contributed by atoms with Crippen LogP contribution in [-0.2, 0) is 14.3 Å². The molecule has 0 unspecified atom stereocenters. The molecule has 1 heterocycles. The number of aliphatic hydroxyl groups is 3. The molecule has 4 atom stereocenters. The normalized spacial score (nSPS) is 22.8. The van der Waals surface area contributed by atoms with Gasteiger partial charge in [0.1, 0.15) is 24.5 Å². The number of carbonyl (C=O) groups is 2. The zero-order valence-electron chi connectivity index (χ0n) is 15.5. The van der Waals surface area contributed by atoms with Gasteiger partial charge < -0.3 is 35.0 Å². The predicted molar refractivity (Wildman–Crippen MR) is 103 cm³/mol. The molecular weight excluding hydrogens is 436 g/mol. The predicted octanol–water partition coefficient (Wildman–Crippen LogP) is -0.868. The third kappa shape index (κ3) is 5.89. The summed E-state index contributed by atoms with van der Waals surface area (Å²) in [6, 6.07) is 6.00. The second-order valence-corrected chi connectivity index (χ2v) is 7.46. The number of benzene rings is 1. The van der Waals surface area contributed by atoms with Gasteiger partial charge in [0.25, 0.3) is 0 Å². The van der Waals surface area contributed by atoms with E-state index in [0.29, 0.717) is 5.75 Å². The number of likely N-dealkylation sites (tertiary alicyclic amines) is 1. The third-order valence-corrected chi connectivity index (χ3v) is 4.89. The Bertz CT molecular complexity index is 675. The second kappa shape index (κ2) is 10.7. The number of β-amino-alcohol motifs (C(OH)–C–C–N with tert-alkyl or cyclic N) is 1. The first-order valence-corrected chi connectivity index (χ1v) is 9.58. The lowest BCUT2D eigenvalue weighted by molar-refractivity contribution is -0.143. The molecule has 1 aromatic rings. The highest BCUT2D eigenvalue weighted by atomic mass is 79.9. The van der Waals surface area contributed by atoms with E-state index >= 15 is 0 Å². The Hall–Kier alpha value is -1.72. The summed E-state index contributed by atoms with van der Waals surface area (Å²) in [7, 11) is 1.34. The second-order valence-electron chi connectivity index (χ2n) is 6.54. The van der Waals surface area contributed by atoms with Gasteiger partial charge in [0, 0.05) is 24.0 Å². The van der Waals surface area contributed by atoms with Crippen molar-refractivity contribution in [2.24, 2.45) is 5.92 Å². The molecule has 1 aromatic carbocycles. The third-order valence-electron chi connectivity index (χ3n) is 4.40. The molecule has 9 nitrogen and oxygen atoms in total. The molecule has 0 bridgehead atoms. The fraction of sp³-hybridized carbons (Fsp3) is 0.556. The van der Waals surface area contributed by atoms with Crippen molar-refractivity contribution in [3.63, 3.8) is 0 Å². The van der Waals surface area contributed by atoms with Gasteiger partial charge in [-0.1, -0.05) is 22.0 Å². The van der Waals surface area contributed by atoms with Crippen molar-refractivity contribution in [1.29, 1.82) is 0 Å². The summed E-state index contributed by atoms with van der Waals surface area (Å²) < 4.78 is 11.2. The van der Waals surface area contributed by atoms with Crippen LogP contribution in [0.25, 0.3) is 0 Å². The number of carbonyl (C=O) groups excluding carboxylic acids is 2. The van der Waals surface area contributed by atoms with Gasteiger partial charge in [-0.15, -0.1) is 0 Å². The number of hydrogen-bond acceptors (Lipinski definition) is 7. The lowest BCUT2D eigenvalue weighted by Gasteiger charge is -2.25. The molecule has 1 fully saturated rings. The van der Waals surface area contributed by atoms with Crippen LogP contribution >= 0.6 is 15.9 Å². The quantitative estimate of drug-likeness (QED) is 0.377. The van der Waals surface area contributed by atoms with Crippen molar-refractivity contribution in [1.82, 2.24) is 10.2 Å². The molecular formula is C18H25BrN2O7. The summed E-state index contributed by atoms with van der Waals surface area (Å²) in [5.41, 5.74) is 0. The number of nitrogens with one attached hydrogen (secondary N) is 1. The fourth-order valence-electron chi connectivity index (χ4n) is 2.87. The van der Waals surface area contributed by atoms with Crippen LogP contribution in [0.5, 0.6) is 5.75 Å². The molecule has 1 aliphatic rings. The summed E-state index contributed by atoms with van der Waals surface area (Å²) >= 11 is 3.34. The molecule has 1 aliphatic heterocycles. The number of methoxy groups -OCH3 is 1. The van der Waals surface area contributed by atoms with Gasteiger partial charge in [-0.3, -0.25) is 9.59 Å². The Morgan fingerprint density at radius 1 is 1.39 bits per heavy atom. The van der Waals surface area contributed by atoms with Crippen molar-refractivity contribution in [2.75, 3.05) is 40.0 Å². The highest BCUT2D eigenvalue weighted by Gasteiger charge is 2.46. The van der Waals surface area contributed by atoms with E-state index in [-0.39, 0.29) is 32.9 Å². The summed E-state index contributed by atoms with van der Waals surface area (Å²) in [6.07, 6.45) is -2.61. The average molecular weight is 461 g/mol. The average Bonchev–Trinajstić information content (AvgIpc) is 2.97. The number of rotatable bonds is 9. The van der Waals surface area contributed by atoms with Gasteiger partial charge in [-0.25, -0.2) is 0 Å². The molecule has 2 rings (SSSR count). The van der Waals surface area contributed by atoms with Crippen LogP contribution in [0.3, 0.4) is 0 Å². The van der Waals surface area contributed by atoms with E-state index in [1.807, 2.05) is 12.1 Å². The Kier molecular flexibility index (Phi) is 8.64. The molecule has 156 valence electrons. The SMILES string of the molecule is COCC(=O)N1C[C@H](O)[C@H](O)[C@H]1C(=O)NC[C@@H](CO)COc1cccc(Br)c1. The lowest BCUT2D eigenvalue weighted by Crippen LogP contribution is -2.52. The summed E-state index contributed by atoms with van der Waals surface area (Å²) in [5.74, 6) is -0.899. The first-order chi connectivity index (χ1) is 13.4. The molecule has 10 heteroatoms. The molecule has 28 heavy (non-hydrogen) atoms. The Balaban J connectivity index is 1.91. The number of hydrogen-bond donors (Lipinski definition) is 4. The van der Waals surface area contributed by atoms with Crippen molar-refractivity contribution >= 4 is 27.7 Å². The van der Waals surface area contributed by atoms with Crippen molar-refractivity contribution in [3.05, 3.63) is 28.7 Å². The van der Waals surface area contributed by atoms with Gasteiger partial charge in [0.2, 0.25) is 11.8 Å². The van der Waals surface area contributed by atoms with Gasteiger partial charge in [-0.05, 0) is 18.2 Å². The topological polar surface area (TPSA) is 129 Å². The molecule has 0 aliphatic carbocycles. The largest absolute Gasteiger partial charge is 0.493 e. The minimum atomic E-state index is -1.40. The molecule has 0 saturated carbocycles. The highest BCUT2D eigenvalue weighted by Crippen LogP contribution is 2.20. The van der Waals surface area contributed by atoms with Gasteiger partial charge in [0.15, 0.2) is 0 Å². The number of aliphatic hydroxyl groups excluding tert-OH is 3. The van der Waals surface area contributed by atoms with Crippen LogP contribution in [0, 0.1) is 5.92 Å². The van der Waals surface area contributed by atoms with Crippen LogP contribution in [0.1, 0.15) is 0 Å². The van der Waals surface area contributed by atoms with Crippen LogP contribution in [0.4, 0.5) is 0 Å². The first kappa shape index (κ1) is 22.6.